The van der Waals surface area contributed by atoms with E-state index in [-0.39, 0.29) is 29.8 Å². The van der Waals surface area contributed by atoms with Crippen LogP contribution in [0.15, 0.2) is 119 Å². The van der Waals surface area contributed by atoms with E-state index in [1.54, 1.807) is 36.4 Å². The number of carbonyl (C=O) groups is 2. The van der Waals surface area contributed by atoms with Gasteiger partial charge in [0, 0.05) is 23.5 Å². The van der Waals surface area contributed by atoms with Gasteiger partial charge in [0.1, 0.15) is 18.3 Å². The van der Waals surface area contributed by atoms with Crippen LogP contribution in [0.2, 0.25) is 0 Å². The summed E-state index contributed by atoms with van der Waals surface area (Å²) in [6.45, 7) is 5.79. The number of nitrogens with one attached hydrogen (secondary N) is 1. The van der Waals surface area contributed by atoms with Crippen LogP contribution in [0.4, 0.5) is 5.69 Å². The van der Waals surface area contributed by atoms with Crippen molar-refractivity contribution in [3.8, 4) is 5.75 Å². The molecule has 0 aliphatic carbocycles. The largest absolute Gasteiger partial charge is 0.494 e. The van der Waals surface area contributed by atoms with Gasteiger partial charge in [-0.2, -0.15) is 0 Å². The Morgan fingerprint density at radius 2 is 1.41 bits per heavy atom. The van der Waals surface area contributed by atoms with Crippen molar-refractivity contribution in [3.05, 3.63) is 125 Å². The summed E-state index contributed by atoms with van der Waals surface area (Å²) in [7, 11) is -4.20. The van der Waals surface area contributed by atoms with Crippen LogP contribution in [-0.2, 0) is 32.6 Å². The first kappa shape index (κ1) is 34.7. The van der Waals surface area contributed by atoms with Crippen molar-refractivity contribution in [1.82, 2.24) is 10.2 Å². The fraction of sp³-hybridized carbons (Fsp3) is 0.278. The molecule has 2 atom stereocenters. The first-order valence-electron chi connectivity index (χ1n) is 15.3. The fourth-order valence-electron chi connectivity index (χ4n) is 4.91. The number of benzene rings is 4. The van der Waals surface area contributed by atoms with Crippen LogP contribution < -0.4 is 14.4 Å². The lowest BCUT2D eigenvalue weighted by Gasteiger charge is -2.34. The molecular weight excluding hydrogens is 666 g/mol. The molecule has 1 N–H and O–H groups in total. The lowest BCUT2D eigenvalue weighted by molar-refractivity contribution is -0.140. The molecule has 8 nitrogen and oxygen atoms in total. The van der Waals surface area contributed by atoms with Crippen LogP contribution in [-0.4, -0.2) is 50.4 Å². The summed E-state index contributed by atoms with van der Waals surface area (Å²) in [5, 5.41) is 3.05. The zero-order valence-electron chi connectivity index (χ0n) is 26.3. The van der Waals surface area contributed by atoms with Crippen molar-refractivity contribution in [1.29, 1.82) is 0 Å². The second-order valence-corrected chi connectivity index (χ2v) is 13.7. The maximum Gasteiger partial charge on any atom is 0.264 e. The number of sulfonamides is 1. The number of ether oxygens (including phenoxy) is 1. The van der Waals surface area contributed by atoms with Crippen LogP contribution in [0, 0.1) is 0 Å². The van der Waals surface area contributed by atoms with E-state index in [0.717, 1.165) is 19.9 Å². The van der Waals surface area contributed by atoms with Crippen molar-refractivity contribution in [2.75, 3.05) is 17.5 Å². The third-order valence-corrected chi connectivity index (χ3v) is 9.90. The van der Waals surface area contributed by atoms with Crippen molar-refractivity contribution in [2.24, 2.45) is 0 Å². The van der Waals surface area contributed by atoms with E-state index in [0.29, 0.717) is 24.5 Å². The van der Waals surface area contributed by atoms with E-state index in [4.69, 9.17) is 4.74 Å². The Morgan fingerprint density at radius 3 is 1.98 bits per heavy atom. The normalized spacial score (nSPS) is 12.5. The Hall–Kier alpha value is -4.15. The quantitative estimate of drug-likeness (QED) is 0.150. The van der Waals surface area contributed by atoms with E-state index in [1.165, 1.54) is 17.0 Å². The molecule has 4 aromatic rings. The van der Waals surface area contributed by atoms with Crippen LogP contribution in [0.3, 0.4) is 0 Å². The van der Waals surface area contributed by atoms with E-state index in [9.17, 15) is 18.0 Å². The van der Waals surface area contributed by atoms with Crippen molar-refractivity contribution in [2.45, 2.75) is 57.1 Å². The summed E-state index contributed by atoms with van der Waals surface area (Å²) in [5.74, 6) is -0.238. The van der Waals surface area contributed by atoms with Gasteiger partial charge in [-0.25, -0.2) is 8.42 Å². The lowest BCUT2D eigenvalue weighted by atomic mass is 10.0. The molecule has 0 aromatic heterocycles. The van der Waals surface area contributed by atoms with Crippen LogP contribution in [0.5, 0.6) is 5.75 Å². The zero-order chi connectivity index (χ0) is 33.1. The third kappa shape index (κ3) is 9.20. The van der Waals surface area contributed by atoms with Gasteiger partial charge in [0.05, 0.1) is 17.2 Å². The maximum atomic E-state index is 14.5. The number of anilines is 1. The summed E-state index contributed by atoms with van der Waals surface area (Å²) in [6, 6.07) is 30.7. The number of halogens is 1. The van der Waals surface area contributed by atoms with Gasteiger partial charge in [0.15, 0.2) is 0 Å². The summed E-state index contributed by atoms with van der Waals surface area (Å²) < 4.78 is 35.7. The molecule has 0 aliphatic rings. The zero-order valence-corrected chi connectivity index (χ0v) is 28.7. The molecule has 46 heavy (non-hydrogen) atoms. The van der Waals surface area contributed by atoms with Gasteiger partial charge in [-0.3, -0.25) is 13.9 Å². The van der Waals surface area contributed by atoms with Crippen LogP contribution in [0.25, 0.3) is 0 Å². The minimum atomic E-state index is -4.20. The molecule has 0 saturated carbocycles. The first-order chi connectivity index (χ1) is 22.1. The molecule has 0 heterocycles. The minimum absolute atomic E-state index is 0.0299. The Labute approximate surface area is 280 Å². The van der Waals surface area contributed by atoms with E-state index >= 15 is 0 Å². The van der Waals surface area contributed by atoms with Crippen LogP contribution >= 0.6 is 15.9 Å². The average Bonchev–Trinajstić information content (AvgIpc) is 3.06. The Bertz CT molecular complexity index is 1670. The summed E-state index contributed by atoms with van der Waals surface area (Å²) >= 11 is 3.37. The molecule has 0 aliphatic heterocycles. The molecule has 242 valence electrons. The number of carbonyl (C=O) groups excluding carboxylic acids is 2. The van der Waals surface area contributed by atoms with E-state index < -0.39 is 28.5 Å². The molecule has 4 aromatic carbocycles. The van der Waals surface area contributed by atoms with Gasteiger partial charge in [-0.05, 0) is 79.9 Å². The summed E-state index contributed by atoms with van der Waals surface area (Å²) in [5.41, 5.74) is 1.99. The summed E-state index contributed by atoms with van der Waals surface area (Å²) in [4.78, 5) is 30.0. The van der Waals surface area contributed by atoms with Gasteiger partial charge in [0.2, 0.25) is 11.8 Å². The smallest absolute Gasteiger partial charge is 0.264 e. The van der Waals surface area contributed by atoms with Gasteiger partial charge >= 0.3 is 0 Å². The third-order valence-electron chi connectivity index (χ3n) is 7.58. The Morgan fingerprint density at radius 1 is 0.826 bits per heavy atom. The molecule has 0 fully saturated rings. The van der Waals surface area contributed by atoms with Gasteiger partial charge < -0.3 is 15.0 Å². The molecule has 2 amide bonds. The SMILES string of the molecule is CCOc1ccc(N(CC(=O)N(Cc2ccccc2)[C@H](Cc2ccccc2)C(=O)N[C@@H](C)CC)S(=O)(=O)c2ccc(Br)cc2)cc1. The Kier molecular flexibility index (Phi) is 12.4. The summed E-state index contributed by atoms with van der Waals surface area (Å²) in [6.07, 6.45) is 0.970. The van der Waals surface area contributed by atoms with Crippen LogP contribution in [0.1, 0.15) is 38.3 Å². The lowest BCUT2D eigenvalue weighted by Crippen LogP contribution is -2.54. The molecular formula is C36H40BrN3O5S. The maximum absolute atomic E-state index is 14.5. The van der Waals surface area contributed by atoms with Crippen molar-refractivity contribution >= 4 is 43.5 Å². The van der Waals surface area contributed by atoms with Gasteiger partial charge in [0.25, 0.3) is 10.0 Å². The number of hydrogen-bond acceptors (Lipinski definition) is 5. The molecule has 0 radical (unpaired) electrons. The fourth-order valence-corrected chi connectivity index (χ4v) is 6.59. The van der Waals surface area contributed by atoms with Gasteiger partial charge in [-0.15, -0.1) is 0 Å². The number of amides is 2. The highest BCUT2D eigenvalue weighted by Gasteiger charge is 2.35. The van der Waals surface area contributed by atoms with Crippen molar-refractivity contribution < 1.29 is 22.7 Å². The molecule has 10 heteroatoms. The molecule has 0 spiro atoms. The molecule has 0 bridgehead atoms. The predicted molar refractivity (Wildman–Crippen MR) is 185 cm³/mol. The topological polar surface area (TPSA) is 96.0 Å². The standard InChI is InChI=1S/C36H40BrN3O5S/c1-4-27(3)38-36(42)34(24-28-12-8-6-9-13-28)39(25-29-14-10-7-11-15-29)35(41)26-40(31-18-20-32(21-19-31)45-5-2)46(43,44)33-22-16-30(37)17-23-33/h6-23,27,34H,4-5,24-26H2,1-3H3,(H,38,42)/t27-,34+/m0/s1. The molecule has 4 rings (SSSR count). The van der Waals surface area contributed by atoms with E-state index in [2.05, 4.69) is 21.2 Å². The number of nitrogens with zero attached hydrogens (tertiary/aromatic N) is 2. The number of hydrogen-bond donors (Lipinski definition) is 1. The highest BCUT2D eigenvalue weighted by molar-refractivity contribution is 9.10. The highest BCUT2D eigenvalue weighted by Crippen LogP contribution is 2.28. The second kappa shape index (κ2) is 16.4. The minimum Gasteiger partial charge on any atom is -0.494 e. The number of rotatable bonds is 15. The predicted octanol–water partition coefficient (Wildman–Crippen LogP) is 6.60. The monoisotopic (exact) mass is 705 g/mol. The van der Waals surface area contributed by atoms with Crippen molar-refractivity contribution in [3.63, 3.8) is 0 Å². The van der Waals surface area contributed by atoms with Gasteiger partial charge in [-0.1, -0.05) is 83.5 Å². The highest BCUT2D eigenvalue weighted by atomic mass is 79.9. The Balaban J connectivity index is 1.79. The molecule has 0 saturated heterocycles. The molecule has 0 unspecified atom stereocenters. The average molecular weight is 707 g/mol. The van der Waals surface area contributed by atoms with E-state index in [1.807, 2.05) is 81.4 Å². The first-order valence-corrected chi connectivity index (χ1v) is 17.5. The second-order valence-electron chi connectivity index (χ2n) is 10.9.